The van der Waals surface area contributed by atoms with Crippen LogP contribution in [0.25, 0.3) is 0 Å². The van der Waals surface area contributed by atoms with Crippen LogP contribution >= 0.6 is 0 Å². The Morgan fingerprint density at radius 1 is 1.20 bits per heavy atom. The molecule has 1 aromatic rings. The van der Waals surface area contributed by atoms with Crippen LogP contribution in [-0.4, -0.2) is 31.9 Å². The van der Waals surface area contributed by atoms with Crippen LogP contribution in [0.1, 0.15) is 37.2 Å². The topological polar surface area (TPSA) is 44.8 Å². The second-order valence-electron chi connectivity index (χ2n) is 5.35. The Hall–Kier alpha value is -1.55. The SMILES string of the molecule is O=C(OCC1CCCCO1)C1CCOc2ccccc21. The van der Waals surface area contributed by atoms with Crippen molar-refractivity contribution < 1.29 is 19.0 Å². The summed E-state index contributed by atoms with van der Waals surface area (Å²) in [6.07, 6.45) is 4.00. The van der Waals surface area contributed by atoms with E-state index in [1.54, 1.807) is 0 Å². The van der Waals surface area contributed by atoms with E-state index in [0.717, 1.165) is 37.2 Å². The summed E-state index contributed by atoms with van der Waals surface area (Å²) in [5.74, 6) is 0.438. The van der Waals surface area contributed by atoms with Crippen molar-refractivity contribution in [3.05, 3.63) is 29.8 Å². The maximum absolute atomic E-state index is 12.3. The van der Waals surface area contributed by atoms with Gasteiger partial charge in [-0.05, 0) is 31.7 Å². The van der Waals surface area contributed by atoms with Crippen LogP contribution in [0.4, 0.5) is 0 Å². The van der Waals surface area contributed by atoms with Gasteiger partial charge in [0.25, 0.3) is 0 Å². The quantitative estimate of drug-likeness (QED) is 0.796. The summed E-state index contributed by atoms with van der Waals surface area (Å²) in [6, 6.07) is 7.69. The molecule has 3 rings (SSSR count). The molecular weight excluding hydrogens is 256 g/mol. The molecule has 2 atom stereocenters. The van der Waals surface area contributed by atoms with Crippen LogP contribution in [-0.2, 0) is 14.3 Å². The Kier molecular flexibility index (Phi) is 4.21. The molecule has 0 aliphatic carbocycles. The lowest BCUT2D eigenvalue weighted by Gasteiger charge is -2.26. The molecule has 2 aliphatic rings. The summed E-state index contributed by atoms with van der Waals surface area (Å²) >= 11 is 0. The number of benzene rings is 1. The van der Waals surface area contributed by atoms with Gasteiger partial charge in [-0.2, -0.15) is 0 Å². The van der Waals surface area contributed by atoms with Crippen LogP contribution in [0.15, 0.2) is 24.3 Å². The van der Waals surface area contributed by atoms with E-state index in [1.807, 2.05) is 24.3 Å². The molecule has 0 amide bonds. The zero-order valence-corrected chi connectivity index (χ0v) is 11.5. The van der Waals surface area contributed by atoms with Crippen molar-refractivity contribution in [1.82, 2.24) is 0 Å². The molecular formula is C16H20O4. The van der Waals surface area contributed by atoms with Gasteiger partial charge < -0.3 is 14.2 Å². The lowest BCUT2D eigenvalue weighted by atomic mass is 9.93. The van der Waals surface area contributed by atoms with Crippen LogP contribution < -0.4 is 4.74 Å². The fourth-order valence-electron chi connectivity index (χ4n) is 2.80. The molecule has 2 unspecified atom stereocenters. The maximum Gasteiger partial charge on any atom is 0.313 e. The highest BCUT2D eigenvalue weighted by atomic mass is 16.6. The monoisotopic (exact) mass is 276 g/mol. The Morgan fingerprint density at radius 2 is 2.10 bits per heavy atom. The molecule has 0 bridgehead atoms. The van der Waals surface area contributed by atoms with Gasteiger partial charge in [0, 0.05) is 12.2 Å². The minimum Gasteiger partial charge on any atom is -0.493 e. The van der Waals surface area contributed by atoms with E-state index < -0.39 is 0 Å². The molecule has 0 radical (unpaired) electrons. The lowest BCUT2D eigenvalue weighted by molar-refractivity contribution is -0.151. The summed E-state index contributed by atoms with van der Waals surface area (Å²) in [4.78, 5) is 12.3. The van der Waals surface area contributed by atoms with Gasteiger partial charge >= 0.3 is 5.97 Å². The molecule has 0 aromatic heterocycles. The van der Waals surface area contributed by atoms with Crippen molar-refractivity contribution in [2.24, 2.45) is 0 Å². The van der Waals surface area contributed by atoms with Gasteiger partial charge in [0.1, 0.15) is 12.4 Å². The predicted molar refractivity (Wildman–Crippen MR) is 73.8 cm³/mol. The fraction of sp³-hybridized carbons (Fsp3) is 0.562. The van der Waals surface area contributed by atoms with E-state index in [1.165, 1.54) is 0 Å². The molecule has 2 aliphatic heterocycles. The largest absolute Gasteiger partial charge is 0.493 e. The van der Waals surface area contributed by atoms with Crippen molar-refractivity contribution >= 4 is 5.97 Å². The first-order chi connectivity index (χ1) is 9.84. The predicted octanol–water partition coefficient (Wildman–Crippen LogP) is 2.67. The zero-order valence-electron chi connectivity index (χ0n) is 11.5. The number of para-hydroxylation sites is 1. The van der Waals surface area contributed by atoms with Crippen molar-refractivity contribution in [3.63, 3.8) is 0 Å². The molecule has 108 valence electrons. The van der Waals surface area contributed by atoms with Crippen LogP contribution in [0.3, 0.4) is 0 Å². The zero-order chi connectivity index (χ0) is 13.8. The molecule has 4 heteroatoms. The third-order valence-corrected chi connectivity index (χ3v) is 3.93. The summed E-state index contributed by atoms with van der Waals surface area (Å²) in [5, 5.41) is 0. The highest BCUT2D eigenvalue weighted by Crippen LogP contribution is 2.34. The second-order valence-corrected chi connectivity index (χ2v) is 5.35. The molecule has 1 saturated heterocycles. The van der Waals surface area contributed by atoms with Gasteiger partial charge in [0.15, 0.2) is 0 Å². The number of rotatable bonds is 3. The maximum atomic E-state index is 12.3. The van der Waals surface area contributed by atoms with Crippen LogP contribution in [0.2, 0.25) is 0 Å². The van der Waals surface area contributed by atoms with E-state index in [-0.39, 0.29) is 18.0 Å². The average molecular weight is 276 g/mol. The summed E-state index contributed by atoms with van der Waals surface area (Å²) in [6.45, 7) is 1.72. The molecule has 1 fully saturated rings. The first-order valence-corrected chi connectivity index (χ1v) is 7.34. The summed E-state index contributed by atoms with van der Waals surface area (Å²) in [7, 11) is 0. The Balaban J connectivity index is 1.60. The highest BCUT2D eigenvalue weighted by molar-refractivity contribution is 5.79. The van der Waals surface area contributed by atoms with Crippen molar-refractivity contribution in [2.45, 2.75) is 37.7 Å². The van der Waals surface area contributed by atoms with Crippen molar-refractivity contribution in [2.75, 3.05) is 19.8 Å². The number of hydrogen-bond acceptors (Lipinski definition) is 4. The molecule has 2 heterocycles. The van der Waals surface area contributed by atoms with Crippen LogP contribution in [0, 0.1) is 0 Å². The normalized spacial score (nSPS) is 25.4. The minimum atomic E-state index is -0.205. The van der Waals surface area contributed by atoms with Crippen molar-refractivity contribution in [3.8, 4) is 5.75 Å². The van der Waals surface area contributed by atoms with Gasteiger partial charge in [-0.3, -0.25) is 4.79 Å². The number of hydrogen-bond donors (Lipinski definition) is 0. The number of carbonyl (C=O) groups excluding carboxylic acids is 1. The van der Waals surface area contributed by atoms with Gasteiger partial charge in [-0.15, -0.1) is 0 Å². The number of fused-ring (bicyclic) bond motifs is 1. The smallest absolute Gasteiger partial charge is 0.313 e. The molecule has 0 N–H and O–H groups in total. The van der Waals surface area contributed by atoms with Gasteiger partial charge in [-0.25, -0.2) is 0 Å². The standard InChI is InChI=1S/C16H20O4/c17-16(20-11-12-5-3-4-9-18-12)14-8-10-19-15-7-2-1-6-13(14)15/h1-2,6-7,12,14H,3-5,8-11H2. The van der Waals surface area contributed by atoms with E-state index in [0.29, 0.717) is 19.6 Å². The number of ether oxygens (including phenoxy) is 3. The Bertz CT molecular complexity index is 465. The van der Waals surface area contributed by atoms with Gasteiger partial charge in [0.05, 0.1) is 18.6 Å². The molecule has 1 aromatic carbocycles. The number of carbonyl (C=O) groups is 1. The number of esters is 1. The molecule has 0 saturated carbocycles. The fourth-order valence-corrected chi connectivity index (χ4v) is 2.80. The molecule has 0 spiro atoms. The van der Waals surface area contributed by atoms with E-state index in [2.05, 4.69) is 0 Å². The van der Waals surface area contributed by atoms with Crippen LogP contribution in [0.5, 0.6) is 5.75 Å². The summed E-state index contributed by atoms with van der Waals surface area (Å²) < 4.78 is 16.6. The van der Waals surface area contributed by atoms with Crippen molar-refractivity contribution in [1.29, 1.82) is 0 Å². The second kappa shape index (κ2) is 6.27. The third kappa shape index (κ3) is 2.96. The van der Waals surface area contributed by atoms with Gasteiger partial charge in [-0.1, -0.05) is 18.2 Å². The first kappa shape index (κ1) is 13.4. The lowest BCUT2D eigenvalue weighted by Crippen LogP contribution is -2.29. The highest BCUT2D eigenvalue weighted by Gasteiger charge is 2.29. The Morgan fingerprint density at radius 3 is 2.95 bits per heavy atom. The average Bonchev–Trinajstić information content (AvgIpc) is 2.53. The molecule has 4 nitrogen and oxygen atoms in total. The van der Waals surface area contributed by atoms with Gasteiger partial charge in [0.2, 0.25) is 0 Å². The third-order valence-electron chi connectivity index (χ3n) is 3.93. The first-order valence-electron chi connectivity index (χ1n) is 7.34. The summed E-state index contributed by atoms with van der Waals surface area (Å²) in [5.41, 5.74) is 0.938. The van der Waals surface area contributed by atoms with E-state index in [4.69, 9.17) is 14.2 Å². The minimum absolute atomic E-state index is 0.0720. The Labute approximate surface area is 119 Å². The van der Waals surface area contributed by atoms with E-state index in [9.17, 15) is 4.79 Å². The molecule has 20 heavy (non-hydrogen) atoms. The van der Waals surface area contributed by atoms with E-state index >= 15 is 0 Å².